The second-order valence-electron chi connectivity index (χ2n) is 5.88. The number of sulfonamides is 1. The van der Waals surface area contributed by atoms with E-state index in [1.165, 1.54) is 11.4 Å². The highest BCUT2D eigenvalue weighted by atomic mass is 32.2. The first-order valence-corrected chi connectivity index (χ1v) is 9.10. The Morgan fingerprint density at radius 1 is 1.08 bits per heavy atom. The maximum atomic E-state index is 13.1. The van der Waals surface area contributed by atoms with E-state index in [-0.39, 0.29) is 11.4 Å². The topological polar surface area (TPSA) is 63.7 Å². The average molecular weight is 345 g/mol. The predicted molar refractivity (Wildman–Crippen MR) is 89.9 cm³/mol. The molecule has 126 valence electrons. The van der Waals surface area contributed by atoms with Gasteiger partial charge in [-0.1, -0.05) is 42.0 Å². The zero-order valence-corrected chi connectivity index (χ0v) is 14.4. The van der Waals surface area contributed by atoms with Crippen LogP contribution in [0.4, 0.5) is 0 Å². The standard InChI is InChI=1S/C18H19NO4S/c1-13-7-9-16(10-8-13)24(21,22)19-12-15-6-4-3-5-14(15)11-17(19)18(20)23-2/h3-10,17H,11-12H2,1-2H3. The number of hydrogen-bond acceptors (Lipinski definition) is 4. The molecule has 1 aliphatic heterocycles. The van der Waals surface area contributed by atoms with Crippen molar-refractivity contribution in [2.75, 3.05) is 7.11 Å². The van der Waals surface area contributed by atoms with Gasteiger partial charge in [0.2, 0.25) is 10.0 Å². The van der Waals surface area contributed by atoms with Crippen molar-refractivity contribution in [3.05, 3.63) is 65.2 Å². The maximum Gasteiger partial charge on any atom is 0.324 e. The summed E-state index contributed by atoms with van der Waals surface area (Å²) in [7, 11) is -2.52. The van der Waals surface area contributed by atoms with Crippen molar-refractivity contribution in [1.82, 2.24) is 4.31 Å². The molecule has 0 N–H and O–H groups in total. The number of rotatable bonds is 3. The molecule has 2 aromatic rings. The molecule has 3 rings (SSSR count). The minimum atomic E-state index is -3.79. The van der Waals surface area contributed by atoms with Crippen molar-refractivity contribution < 1.29 is 17.9 Å². The molecule has 0 spiro atoms. The van der Waals surface area contributed by atoms with Crippen LogP contribution in [-0.2, 0) is 32.5 Å². The van der Waals surface area contributed by atoms with Crippen LogP contribution < -0.4 is 0 Å². The van der Waals surface area contributed by atoms with Crippen molar-refractivity contribution >= 4 is 16.0 Å². The molecule has 0 aromatic heterocycles. The van der Waals surface area contributed by atoms with E-state index < -0.39 is 22.0 Å². The van der Waals surface area contributed by atoms with Gasteiger partial charge < -0.3 is 4.74 Å². The Hall–Kier alpha value is -2.18. The number of aryl methyl sites for hydroxylation is 1. The number of nitrogens with zero attached hydrogens (tertiary/aromatic N) is 1. The van der Waals surface area contributed by atoms with Gasteiger partial charge in [0, 0.05) is 13.0 Å². The van der Waals surface area contributed by atoms with Gasteiger partial charge in [-0.25, -0.2) is 8.42 Å². The molecule has 0 bridgehead atoms. The molecular weight excluding hydrogens is 326 g/mol. The van der Waals surface area contributed by atoms with Gasteiger partial charge in [0.1, 0.15) is 6.04 Å². The Labute approximate surface area is 141 Å². The van der Waals surface area contributed by atoms with Gasteiger partial charge in [-0.05, 0) is 30.2 Å². The predicted octanol–water partition coefficient (Wildman–Crippen LogP) is 2.28. The van der Waals surface area contributed by atoms with Gasteiger partial charge >= 0.3 is 5.97 Å². The van der Waals surface area contributed by atoms with E-state index in [4.69, 9.17) is 4.74 Å². The molecule has 1 aliphatic rings. The quantitative estimate of drug-likeness (QED) is 0.801. The fourth-order valence-corrected chi connectivity index (χ4v) is 4.49. The normalized spacial score (nSPS) is 18.0. The average Bonchev–Trinajstić information content (AvgIpc) is 2.60. The van der Waals surface area contributed by atoms with Crippen molar-refractivity contribution in [3.8, 4) is 0 Å². The van der Waals surface area contributed by atoms with Crippen molar-refractivity contribution in [3.63, 3.8) is 0 Å². The molecule has 0 aliphatic carbocycles. The van der Waals surface area contributed by atoms with Gasteiger partial charge in [-0.2, -0.15) is 4.31 Å². The minimum absolute atomic E-state index is 0.159. The van der Waals surface area contributed by atoms with E-state index in [9.17, 15) is 13.2 Å². The fraction of sp³-hybridized carbons (Fsp3) is 0.278. The van der Waals surface area contributed by atoms with Crippen molar-refractivity contribution in [1.29, 1.82) is 0 Å². The molecule has 0 amide bonds. The highest BCUT2D eigenvalue weighted by molar-refractivity contribution is 7.89. The number of carbonyl (C=O) groups is 1. The number of hydrogen-bond donors (Lipinski definition) is 0. The third kappa shape index (κ3) is 2.95. The Balaban J connectivity index is 2.05. The van der Waals surface area contributed by atoms with Gasteiger partial charge in [-0.3, -0.25) is 4.79 Å². The van der Waals surface area contributed by atoms with Gasteiger partial charge in [0.25, 0.3) is 0 Å². The lowest BCUT2D eigenvalue weighted by Gasteiger charge is -2.34. The highest BCUT2D eigenvalue weighted by Gasteiger charge is 2.40. The monoisotopic (exact) mass is 345 g/mol. The molecular formula is C18H19NO4S. The summed E-state index contributed by atoms with van der Waals surface area (Å²) >= 11 is 0. The third-order valence-electron chi connectivity index (χ3n) is 4.31. The van der Waals surface area contributed by atoms with Crippen molar-refractivity contribution in [2.24, 2.45) is 0 Å². The van der Waals surface area contributed by atoms with Crippen LogP contribution in [0.5, 0.6) is 0 Å². The van der Waals surface area contributed by atoms with Crippen LogP contribution in [0.25, 0.3) is 0 Å². The molecule has 0 fully saturated rings. The first kappa shape index (κ1) is 16.7. The number of carbonyl (C=O) groups excluding carboxylic acids is 1. The number of benzene rings is 2. The largest absolute Gasteiger partial charge is 0.468 e. The summed E-state index contributed by atoms with van der Waals surface area (Å²) in [5.41, 5.74) is 2.86. The van der Waals surface area contributed by atoms with Crippen LogP contribution in [0.1, 0.15) is 16.7 Å². The Morgan fingerprint density at radius 2 is 1.71 bits per heavy atom. The molecule has 24 heavy (non-hydrogen) atoms. The van der Waals surface area contributed by atoms with E-state index in [2.05, 4.69) is 0 Å². The molecule has 1 unspecified atom stereocenters. The molecule has 2 aromatic carbocycles. The van der Waals surface area contributed by atoms with E-state index in [0.717, 1.165) is 16.7 Å². The van der Waals surface area contributed by atoms with Crippen LogP contribution in [-0.4, -0.2) is 31.8 Å². The SMILES string of the molecule is COC(=O)C1Cc2ccccc2CN1S(=O)(=O)c1ccc(C)cc1. The lowest BCUT2D eigenvalue weighted by molar-refractivity contribution is -0.145. The van der Waals surface area contributed by atoms with E-state index in [1.807, 2.05) is 31.2 Å². The van der Waals surface area contributed by atoms with E-state index in [0.29, 0.717) is 6.42 Å². The second-order valence-corrected chi connectivity index (χ2v) is 7.77. The molecule has 0 saturated heterocycles. The Kier molecular flexibility index (Phi) is 4.43. The molecule has 0 radical (unpaired) electrons. The van der Waals surface area contributed by atoms with Crippen LogP contribution in [0.15, 0.2) is 53.4 Å². The van der Waals surface area contributed by atoms with E-state index in [1.54, 1.807) is 24.3 Å². The summed E-state index contributed by atoms with van der Waals surface area (Å²) in [6.07, 6.45) is 0.313. The van der Waals surface area contributed by atoms with Gasteiger partial charge in [0.05, 0.1) is 12.0 Å². The minimum Gasteiger partial charge on any atom is -0.468 e. The third-order valence-corrected chi connectivity index (χ3v) is 6.18. The first-order chi connectivity index (χ1) is 11.4. The second kappa shape index (κ2) is 6.37. The molecule has 5 nitrogen and oxygen atoms in total. The Bertz CT molecular complexity index is 859. The smallest absolute Gasteiger partial charge is 0.324 e. The Morgan fingerprint density at radius 3 is 2.33 bits per heavy atom. The lowest BCUT2D eigenvalue weighted by atomic mass is 9.96. The summed E-state index contributed by atoms with van der Waals surface area (Å²) in [4.78, 5) is 12.4. The summed E-state index contributed by atoms with van der Waals surface area (Å²) in [5, 5.41) is 0. The number of ether oxygens (including phenoxy) is 1. The zero-order valence-electron chi connectivity index (χ0n) is 13.6. The van der Waals surface area contributed by atoms with Crippen LogP contribution in [0, 0.1) is 6.92 Å². The van der Waals surface area contributed by atoms with Crippen LogP contribution >= 0.6 is 0 Å². The first-order valence-electron chi connectivity index (χ1n) is 7.66. The lowest BCUT2D eigenvalue weighted by Crippen LogP contribution is -2.48. The zero-order chi connectivity index (χ0) is 17.3. The van der Waals surface area contributed by atoms with Crippen molar-refractivity contribution in [2.45, 2.75) is 30.8 Å². The van der Waals surface area contributed by atoms with Gasteiger partial charge in [-0.15, -0.1) is 0 Å². The highest BCUT2D eigenvalue weighted by Crippen LogP contribution is 2.29. The number of methoxy groups -OCH3 is 1. The molecule has 0 saturated carbocycles. The molecule has 1 atom stereocenters. The maximum absolute atomic E-state index is 13.1. The van der Waals surface area contributed by atoms with Crippen LogP contribution in [0.3, 0.4) is 0 Å². The summed E-state index contributed by atoms with van der Waals surface area (Å²) < 4.78 is 32.2. The van der Waals surface area contributed by atoms with Crippen LogP contribution in [0.2, 0.25) is 0 Å². The van der Waals surface area contributed by atoms with Gasteiger partial charge in [0.15, 0.2) is 0 Å². The molecule has 1 heterocycles. The summed E-state index contributed by atoms with van der Waals surface area (Å²) in [6, 6.07) is 13.3. The number of esters is 1. The molecule has 6 heteroatoms. The summed E-state index contributed by atoms with van der Waals surface area (Å²) in [6.45, 7) is 2.05. The van der Waals surface area contributed by atoms with E-state index >= 15 is 0 Å². The summed E-state index contributed by atoms with van der Waals surface area (Å²) in [5.74, 6) is -0.541. The number of fused-ring (bicyclic) bond motifs is 1. The fourth-order valence-electron chi connectivity index (χ4n) is 2.93.